The van der Waals surface area contributed by atoms with Crippen LogP contribution in [0.2, 0.25) is 0 Å². The zero-order chi connectivity index (χ0) is 16.9. The molecule has 0 unspecified atom stereocenters. The van der Waals surface area contributed by atoms with E-state index in [9.17, 15) is 9.90 Å². The van der Waals surface area contributed by atoms with Crippen LogP contribution in [0, 0.1) is 6.92 Å². The predicted octanol–water partition coefficient (Wildman–Crippen LogP) is 3.26. The van der Waals surface area contributed by atoms with Crippen LogP contribution in [0.5, 0.6) is 0 Å². The second-order valence-corrected chi connectivity index (χ2v) is 6.43. The van der Waals surface area contributed by atoms with Crippen LogP contribution >= 0.6 is 0 Å². The highest BCUT2D eigenvalue weighted by molar-refractivity contribution is 5.95. The third-order valence-corrected chi connectivity index (χ3v) is 4.53. The van der Waals surface area contributed by atoms with Crippen LogP contribution < -0.4 is 5.32 Å². The monoisotopic (exact) mass is 324 g/mol. The molecule has 0 spiro atoms. The fourth-order valence-electron chi connectivity index (χ4n) is 3.09. The summed E-state index contributed by atoms with van der Waals surface area (Å²) in [7, 11) is 0. The molecule has 0 saturated carbocycles. The summed E-state index contributed by atoms with van der Waals surface area (Å²) in [5.41, 5.74) is 3.55. The molecule has 1 heterocycles. The van der Waals surface area contributed by atoms with Crippen molar-refractivity contribution < 1.29 is 9.90 Å². The van der Waals surface area contributed by atoms with E-state index in [1.807, 2.05) is 37.3 Å². The second kappa shape index (κ2) is 7.60. The van der Waals surface area contributed by atoms with E-state index in [1.54, 1.807) is 12.1 Å². The van der Waals surface area contributed by atoms with Gasteiger partial charge in [-0.3, -0.25) is 9.69 Å². The maximum Gasteiger partial charge on any atom is 0.257 e. The summed E-state index contributed by atoms with van der Waals surface area (Å²) < 4.78 is 0. The maximum atomic E-state index is 12.3. The summed E-state index contributed by atoms with van der Waals surface area (Å²) in [6.45, 7) is 5.15. The van der Waals surface area contributed by atoms with Gasteiger partial charge in [0.25, 0.3) is 5.91 Å². The number of nitrogens with one attached hydrogen (secondary N) is 1. The molecule has 1 saturated heterocycles. The van der Waals surface area contributed by atoms with Gasteiger partial charge in [-0.25, -0.2) is 0 Å². The summed E-state index contributed by atoms with van der Waals surface area (Å²) in [6, 6.07) is 15.1. The van der Waals surface area contributed by atoms with E-state index in [1.165, 1.54) is 18.4 Å². The molecule has 1 atom stereocenters. The molecule has 4 nitrogen and oxygen atoms in total. The molecule has 24 heavy (non-hydrogen) atoms. The van der Waals surface area contributed by atoms with Crippen LogP contribution in [0.25, 0.3) is 0 Å². The molecule has 0 aromatic heterocycles. The number of carbonyl (C=O) groups excluding carboxylic acids is 1. The summed E-state index contributed by atoms with van der Waals surface area (Å²) in [6.07, 6.45) is 1.37. The number of aryl methyl sites for hydroxylation is 1. The number of nitrogens with zero attached hydrogens (tertiary/aromatic N) is 1. The Bertz CT molecular complexity index is 694. The zero-order valence-corrected chi connectivity index (χ0v) is 14.0. The number of amides is 1. The van der Waals surface area contributed by atoms with Crippen LogP contribution in [0.1, 0.15) is 35.6 Å². The van der Waals surface area contributed by atoms with E-state index in [4.69, 9.17) is 0 Å². The average Bonchev–Trinajstić information content (AvgIpc) is 3.11. The topological polar surface area (TPSA) is 52.6 Å². The predicted molar refractivity (Wildman–Crippen MR) is 95.7 cm³/mol. The Morgan fingerprint density at radius 3 is 2.58 bits per heavy atom. The van der Waals surface area contributed by atoms with Crippen molar-refractivity contribution in [2.45, 2.75) is 32.4 Å². The molecule has 4 heteroatoms. The standard InChI is InChI=1S/C20H24N2O2/c1-15-9-10-16(14-22-11-5-6-12-22)13-18(15)21-20(24)19(23)17-7-3-2-4-8-17/h2-4,7-10,13,19,23H,5-6,11-12,14H2,1H3,(H,21,24)/t19-/m1/s1. The quantitative estimate of drug-likeness (QED) is 0.887. The second-order valence-electron chi connectivity index (χ2n) is 6.43. The highest BCUT2D eigenvalue weighted by Gasteiger charge is 2.18. The molecule has 0 aliphatic carbocycles. The van der Waals surface area contributed by atoms with Crippen molar-refractivity contribution in [2.24, 2.45) is 0 Å². The SMILES string of the molecule is Cc1ccc(CN2CCCC2)cc1NC(=O)[C@H](O)c1ccccc1. The third kappa shape index (κ3) is 4.02. The van der Waals surface area contributed by atoms with Gasteiger partial charge >= 0.3 is 0 Å². The summed E-state index contributed by atoms with van der Waals surface area (Å²) in [4.78, 5) is 14.8. The number of benzene rings is 2. The van der Waals surface area contributed by atoms with Crippen molar-refractivity contribution in [3.05, 3.63) is 65.2 Å². The Labute approximate surface area is 143 Å². The number of rotatable bonds is 5. The molecular formula is C20H24N2O2. The Morgan fingerprint density at radius 2 is 1.88 bits per heavy atom. The van der Waals surface area contributed by atoms with Gasteiger partial charge in [0.15, 0.2) is 6.10 Å². The van der Waals surface area contributed by atoms with Crippen molar-refractivity contribution in [1.82, 2.24) is 4.90 Å². The van der Waals surface area contributed by atoms with Crippen molar-refractivity contribution in [2.75, 3.05) is 18.4 Å². The van der Waals surface area contributed by atoms with Crippen LogP contribution in [-0.2, 0) is 11.3 Å². The van der Waals surface area contributed by atoms with Crippen LogP contribution in [0.4, 0.5) is 5.69 Å². The minimum absolute atomic E-state index is 0.400. The van der Waals surface area contributed by atoms with Gasteiger partial charge < -0.3 is 10.4 Å². The summed E-state index contributed by atoms with van der Waals surface area (Å²) >= 11 is 0. The molecule has 1 aliphatic heterocycles. The lowest BCUT2D eigenvalue weighted by Gasteiger charge is -2.17. The number of anilines is 1. The molecule has 126 valence electrons. The molecule has 1 amide bonds. The van der Waals surface area contributed by atoms with E-state index in [0.29, 0.717) is 5.56 Å². The number of aliphatic hydroxyl groups is 1. The molecular weight excluding hydrogens is 300 g/mol. The van der Waals surface area contributed by atoms with E-state index < -0.39 is 12.0 Å². The number of aliphatic hydroxyl groups excluding tert-OH is 1. The highest BCUT2D eigenvalue weighted by atomic mass is 16.3. The van der Waals surface area contributed by atoms with Crippen molar-refractivity contribution >= 4 is 11.6 Å². The van der Waals surface area contributed by atoms with Crippen LogP contribution in [0.3, 0.4) is 0 Å². The normalized spacial score (nSPS) is 16.1. The highest BCUT2D eigenvalue weighted by Crippen LogP contribution is 2.22. The van der Waals surface area contributed by atoms with Gasteiger partial charge in [0.05, 0.1) is 0 Å². The van der Waals surface area contributed by atoms with Crippen molar-refractivity contribution in [3.63, 3.8) is 0 Å². The van der Waals surface area contributed by atoms with Crippen molar-refractivity contribution in [1.29, 1.82) is 0 Å². The first kappa shape index (κ1) is 16.7. The minimum Gasteiger partial charge on any atom is -0.378 e. The number of hydrogen-bond acceptors (Lipinski definition) is 3. The summed E-state index contributed by atoms with van der Waals surface area (Å²) in [5, 5.41) is 13.1. The smallest absolute Gasteiger partial charge is 0.257 e. The van der Waals surface area contributed by atoms with Gasteiger partial charge in [0.1, 0.15) is 0 Å². The largest absolute Gasteiger partial charge is 0.378 e. The lowest BCUT2D eigenvalue weighted by Crippen LogP contribution is -2.22. The Balaban J connectivity index is 1.70. The van der Waals surface area contributed by atoms with Gasteiger partial charge in [0, 0.05) is 12.2 Å². The first-order valence-electron chi connectivity index (χ1n) is 8.49. The lowest BCUT2D eigenvalue weighted by atomic mass is 10.1. The Morgan fingerprint density at radius 1 is 1.17 bits per heavy atom. The van der Waals surface area contributed by atoms with Gasteiger partial charge in [-0.05, 0) is 55.6 Å². The lowest BCUT2D eigenvalue weighted by molar-refractivity contribution is -0.124. The van der Waals surface area contributed by atoms with E-state index in [0.717, 1.165) is 30.9 Å². The average molecular weight is 324 g/mol. The first-order valence-corrected chi connectivity index (χ1v) is 8.49. The van der Waals surface area contributed by atoms with Crippen LogP contribution in [-0.4, -0.2) is 29.0 Å². The molecule has 2 aromatic carbocycles. The van der Waals surface area contributed by atoms with E-state index in [2.05, 4.69) is 16.3 Å². The summed E-state index contributed by atoms with van der Waals surface area (Å²) in [5.74, 6) is -0.400. The molecule has 0 bridgehead atoms. The molecule has 3 rings (SSSR count). The molecule has 2 N–H and O–H groups in total. The number of carbonyl (C=O) groups is 1. The van der Waals surface area contributed by atoms with Gasteiger partial charge in [-0.15, -0.1) is 0 Å². The molecule has 0 radical (unpaired) electrons. The molecule has 2 aromatic rings. The third-order valence-electron chi connectivity index (χ3n) is 4.53. The fourth-order valence-corrected chi connectivity index (χ4v) is 3.09. The number of hydrogen-bond donors (Lipinski definition) is 2. The molecule has 1 aliphatic rings. The number of likely N-dealkylation sites (tertiary alicyclic amines) is 1. The Hall–Kier alpha value is -2.17. The van der Waals surface area contributed by atoms with Gasteiger partial charge in [-0.1, -0.05) is 42.5 Å². The maximum absolute atomic E-state index is 12.3. The van der Waals surface area contributed by atoms with Gasteiger partial charge in [-0.2, -0.15) is 0 Å². The zero-order valence-electron chi connectivity index (χ0n) is 14.0. The van der Waals surface area contributed by atoms with Gasteiger partial charge in [0.2, 0.25) is 0 Å². The Kier molecular flexibility index (Phi) is 5.28. The minimum atomic E-state index is -1.16. The van der Waals surface area contributed by atoms with Crippen molar-refractivity contribution in [3.8, 4) is 0 Å². The molecule has 1 fully saturated rings. The van der Waals surface area contributed by atoms with E-state index >= 15 is 0 Å². The van der Waals surface area contributed by atoms with E-state index in [-0.39, 0.29) is 0 Å². The van der Waals surface area contributed by atoms with Crippen LogP contribution in [0.15, 0.2) is 48.5 Å². The first-order chi connectivity index (χ1) is 11.6. The fraction of sp³-hybridized carbons (Fsp3) is 0.350.